The third-order valence-electron chi connectivity index (χ3n) is 0.183. The monoisotopic (exact) mass is 177 g/mol. The van der Waals surface area contributed by atoms with E-state index in [2.05, 4.69) is 0 Å². The van der Waals surface area contributed by atoms with E-state index in [4.69, 9.17) is 19.8 Å². The molecule has 0 aliphatic carbocycles. The van der Waals surface area contributed by atoms with Gasteiger partial charge >= 0.3 is 11.9 Å². The van der Waals surface area contributed by atoms with Gasteiger partial charge < -0.3 is 21.8 Å². The van der Waals surface area contributed by atoms with Crippen molar-refractivity contribution < 1.29 is 42.6 Å². The van der Waals surface area contributed by atoms with E-state index in [0.29, 0.717) is 0 Å². The van der Waals surface area contributed by atoms with Crippen LogP contribution in [0.5, 0.6) is 0 Å². The van der Waals surface area contributed by atoms with Gasteiger partial charge in [-0.05, 0) is 0 Å². The van der Waals surface area contributed by atoms with Crippen molar-refractivity contribution in [3.8, 4) is 0 Å². The predicted octanol–water partition coefficient (Wildman–Crippen LogP) is -0.647. The van der Waals surface area contributed by atoms with E-state index in [1.165, 1.54) is 0 Å². The number of hydrogen-bond donors (Lipinski definition) is 3. The van der Waals surface area contributed by atoms with Crippen molar-refractivity contribution in [2.24, 2.45) is 0 Å². The SMILES string of the molecule is O=C(O)C(=O)O.[Cr].[NH4+].[OH-]. The number of carboxylic acids is 2. The first-order valence-corrected chi connectivity index (χ1v) is 1.11. The average molecular weight is 177 g/mol. The Bertz CT molecular complexity index is 81.0. The summed E-state index contributed by atoms with van der Waals surface area (Å²) in [6.45, 7) is 0. The van der Waals surface area contributed by atoms with Gasteiger partial charge in [0.25, 0.3) is 0 Å². The maximum absolute atomic E-state index is 9.10. The van der Waals surface area contributed by atoms with Crippen molar-refractivity contribution in [3.05, 3.63) is 0 Å². The molecule has 0 unspecified atom stereocenters. The number of hydrogen-bond acceptors (Lipinski definition) is 3. The van der Waals surface area contributed by atoms with Crippen LogP contribution in [0.3, 0.4) is 0 Å². The van der Waals surface area contributed by atoms with Crippen LogP contribution in [0, 0.1) is 0 Å². The Kier molecular flexibility index (Phi) is 27.4. The third-order valence-corrected chi connectivity index (χ3v) is 0.183. The molecule has 7 heteroatoms. The molecule has 0 fully saturated rings. The fourth-order valence-corrected chi connectivity index (χ4v) is 0. The van der Waals surface area contributed by atoms with E-state index in [-0.39, 0.29) is 29.0 Å². The molecule has 0 saturated heterocycles. The van der Waals surface area contributed by atoms with E-state index in [1.807, 2.05) is 0 Å². The Balaban J connectivity index is -0.0000000417. The van der Waals surface area contributed by atoms with Crippen molar-refractivity contribution in [2.45, 2.75) is 0 Å². The van der Waals surface area contributed by atoms with Crippen LogP contribution in [-0.4, -0.2) is 27.6 Å². The molecule has 0 aliphatic rings. The summed E-state index contributed by atoms with van der Waals surface area (Å²) in [7, 11) is 0. The number of rotatable bonds is 0. The summed E-state index contributed by atoms with van der Waals surface area (Å²) >= 11 is 0. The first-order valence-electron chi connectivity index (χ1n) is 1.11. The fraction of sp³-hybridized carbons (Fsp3) is 0. The zero-order chi connectivity index (χ0) is 5.15. The molecule has 0 rings (SSSR count). The molecule has 0 aliphatic heterocycles. The molecule has 9 heavy (non-hydrogen) atoms. The number of aliphatic carboxylic acids is 2. The first-order chi connectivity index (χ1) is 2.64. The molecular weight excluding hydrogens is 170 g/mol. The van der Waals surface area contributed by atoms with Crippen molar-refractivity contribution in [1.82, 2.24) is 6.15 Å². The molecule has 6 nitrogen and oxygen atoms in total. The zero-order valence-electron chi connectivity index (χ0n) is 4.57. The largest absolute Gasteiger partial charge is 0.870 e. The molecule has 0 aromatic heterocycles. The minimum atomic E-state index is -1.82. The van der Waals surface area contributed by atoms with E-state index in [0.717, 1.165) is 0 Å². The minimum Gasteiger partial charge on any atom is -0.870 e. The van der Waals surface area contributed by atoms with E-state index in [9.17, 15) is 0 Å². The van der Waals surface area contributed by atoms with Crippen molar-refractivity contribution in [1.29, 1.82) is 0 Å². The van der Waals surface area contributed by atoms with Gasteiger partial charge in [0.1, 0.15) is 0 Å². The molecule has 0 atom stereocenters. The second-order valence-electron chi connectivity index (χ2n) is 0.610. The van der Waals surface area contributed by atoms with Crippen LogP contribution in [-0.2, 0) is 27.0 Å². The Morgan fingerprint density at radius 3 is 1.11 bits per heavy atom. The van der Waals surface area contributed by atoms with Crippen LogP contribution in [0.15, 0.2) is 0 Å². The van der Waals surface area contributed by atoms with Gasteiger partial charge in [-0.15, -0.1) is 0 Å². The number of carbonyl (C=O) groups is 2. The van der Waals surface area contributed by atoms with Gasteiger partial charge in [-0.25, -0.2) is 9.59 Å². The van der Waals surface area contributed by atoms with Gasteiger partial charge in [-0.2, -0.15) is 0 Å². The summed E-state index contributed by atoms with van der Waals surface area (Å²) in [5, 5.41) is 14.8. The minimum absolute atomic E-state index is 0. The predicted molar refractivity (Wildman–Crippen MR) is 23.2 cm³/mol. The molecular formula is C2H7CrNO5. The number of carboxylic acid groups (broad SMARTS) is 2. The summed E-state index contributed by atoms with van der Waals surface area (Å²) in [5.74, 6) is -3.65. The topological polar surface area (TPSA) is 141 Å². The molecule has 0 radical (unpaired) electrons. The van der Waals surface area contributed by atoms with Crippen LogP contribution in [0.2, 0.25) is 0 Å². The average Bonchev–Trinajstić information content (AvgIpc) is 1.36. The van der Waals surface area contributed by atoms with Gasteiger partial charge in [0.05, 0.1) is 0 Å². The van der Waals surface area contributed by atoms with E-state index >= 15 is 0 Å². The summed E-state index contributed by atoms with van der Waals surface area (Å²) < 4.78 is 0. The fourth-order valence-electron chi connectivity index (χ4n) is 0. The standard InChI is InChI=1S/C2H2O4.Cr.H3N.H2O/c3-1(4)2(5)6;;;/h(H,3,4)(H,5,6);;1H3;1H2. The molecule has 0 amide bonds. The molecule has 7 N–H and O–H groups in total. The summed E-state index contributed by atoms with van der Waals surface area (Å²) in [4.78, 5) is 18.2. The molecule has 0 aromatic rings. The van der Waals surface area contributed by atoms with Crippen molar-refractivity contribution >= 4 is 11.9 Å². The second-order valence-corrected chi connectivity index (χ2v) is 0.610. The normalized spacial score (nSPS) is 4.89. The van der Waals surface area contributed by atoms with Crippen LogP contribution < -0.4 is 6.15 Å². The smallest absolute Gasteiger partial charge is 0.414 e. The summed E-state index contributed by atoms with van der Waals surface area (Å²) in [6, 6.07) is 0. The molecule has 0 aromatic carbocycles. The van der Waals surface area contributed by atoms with Gasteiger partial charge in [-0.1, -0.05) is 0 Å². The Labute approximate surface area is 61.5 Å². The quantitative estimate of drug-likeness (QED) is 0.421. The van der Waals surface area contributed by atoms with Gasteiger partial charge in [0.2, 0.25) is 0 Å². The Morgan fingerprint density at radius 1 is 1.00 bits per heavy atom. The maximum Gasteiger partial charge on any atom is 0.414 e. The maximum atomic E-state index is 9.10. The first kappa shape index (κ1) is 23.8. The van der Waals surface area contributed by atoms with Crippen LogP contribution in [0.1, 0.15) is 0 Å². The van der Waals surface area contributed by atoms with Gasteiger partial charge in [-0.3, -0.25) is 0 Å². The van der Waals surface area contributed by atoms with Crippen molar-refractivity contribution in [2.75, 3.05) is 0 Å². The third kappa shape index (κ3) is 18.7. The molecule has 0 spiro atoms. The van der Waals surface area contributed by atoms with E-state index < -0.39 is 11.9 Å². The summed E-state index contributed by atoms with van der Waals surface area (Å²) in [5.41, 5.74) is 0. The Hall–Kier alpha value is -0.608. The molecule has 0 saturated carbocycles. The second kappa shape index (κ2) is 10.4. The number of quaternary nitrogens is 1. The van der Waals surface area contributed by atoms with Gasteiger partial charge in [0.15, 0.2) is 0 Å². The van der Waals surface area contributed by atoms with Crippen LogP contribution >= 0.6 is 0 Å². The Morgan fingerprint density at radius 2 is 1.11 bits per heavy atom. The van der Waals surface area contributed by atoms with Crippen LogP contribution in [0.25, 0.3) is 0 Å². The molecule has 0 bridgehead atoms. The van der Waals surface area contributed by atoms with Crippen molar-refractivity contribution in [3.63, 3.8) is 0 Å². The van der Waals surface area contributed by atoms with Crippen LogP contribution in [0.4, 0.5) is 0 Å². The van der Waals surface area contributed by atoms with E-state index in [1.54, 1.807) is 0 Å². The van der Waals surface area contributed by atoms with Gasteiger partial charge in [0, 0.05) is 17.4 Å². The molecule has 56 valence electrons. The molecule has 0 heterocycles. The zero-order valence-corrected chi connectivity index (χ0v) is 5.84. The summed E-state index contributed by atoms with van der Waals surface area (Å²) in [6.07, 6.45) is 0.